The normalized spacial score (nSPS) is 10.7. The van der Waals surface area contributed by atoms with Gasteiger partial charge in [0, 0.05) is 11.9 Å². The van der Waals surface area contributed by atoms with Crippen LogP contribution in [-0.2, 0) is 6.54 Å². The number of fused-ring (bicyclic) bond motifs is 1. The van der Waals surface area contributed by atoms with Crippen molar-refractivity contribution < 1.29 is 4.39 Å². The highest BCUT2D eigenvalue weighted by Crippen LogP contribution is 2.19. The van der Waals surface area contributed by atoms with Crippen molar-refractivity contribution in [1.82, 2.24) is 4.98 Å². The summed E-state index contributed by atoms with van der Waals surface area (Å²) in [5.41, 5.74) is 2.93. The van der Waals surface area contributed by atoms with Crippen LogP contribution < -0.4 is 5.32 Å². The van der Waals surface area contributed by atoms with Crippen LogP contribution in [0.4, 0.5) is 10.1 Å². The molecule has 0 atom stereocenters. The lowest BCUT2D eigenvalue weighted by atomic mass is 10.2. The molecule has 1 heterocycles. The highest BCUT2D eigenvalue weighted by molar-refractivity contribution is 9.10. The molecule has 0 unspecified atom stereocenters. The number of nitrogens with one attached hydrogen (secondary N) is 1. The van der Waals surface area contributed by atoms with Crippen LogP contribution in [0.2, 0.25) is 0 Å². The first kappa shape index (κ1) is 13.1. The first-order valence-corrected chi connectivity index (χ1v) is 7.04. The monoisotopic (exact) mass is 330 g/mol. The number of nitrogens with zero attached hydrogens (tertiary/aromatic N) is 1. The second-order valence-corrected chi connectivity index (χ2v) is 5.37. The Balaban J connectivity index is 1.77. The van der Waals surface area contributed by atoms with Crippen molar-refractivity contribution in [3.05, 3.63) is 70.6 Å². The molecule has 3 rings (SSSR count). The number of halogens is 2. The van der Waals surface area contributed by atoms with Gasteiger partial charge in [-0.15, -0.1) is 0 Å². The Hall–Kier alpha value is -1.94. The predicted molar refractivity (Wildman–Crippen MR) is 83.2 cm³/mol. The minimum Gasteiger partial charge on any atom is -0.380 e. The molecular formula is C16H12BrFN2. The van der Waals surface area contributed by atoms with Crippen LogP contribution in [0.5, 0.6) is 0 Å². The summed E-state index contributed by atoms with van der Waals surface area (Å²) in [7, 11) is 0. The minimum absolute atomic E-state index is 0.249. The molecule has 0 aliphatic rings. The topological polar surface area (TPSA) is 24.9 Å². The Labute approximate surface area is 124 Å². The quantitative estimate of drug-likeness (QED) is 0.749. The lowest BCUT2D eigenvalue weighted by Crippen LogP contribution is -2.00. The molecule has 0 bridgehead atoms. The van der Waals surface area contributed by atoms with Crippen LogP contribution >= 0.6 is 15.9 Å². The summed E-state index contributed by atoms with van der Waals surface area (Å²) in [4.78, 5) is 4.39. The van der Waals surface area contributed by atoms with Crippen LogP contribution in [0.1, 0.15) is 5.56 Å². The van der Waals surface area contributed by atoms with Gasteiger partial charge in [-0.1, -0.05) is 24.3 Å². The van der Waals surface area contributed by atoms with Gasteiger partial charge < -0.3 is 5.32 Å². The fourth-order valence-corrected chi connectivity index (χ4v) is 2.45. The average Bonchev–Trinajstić information content (AvgIpc) is 2.48. The Morgan fingerprint density at radius 1 is 1.10 bits per heavy atom. The molecule has 2 nitrogen and oxygen atoms in total. The summed E-state index contributed by atoms with van der Waals surface area (Å²) in [6.07, 6.45) is 1.81. The number of para-hydroxylation sites is 1. The Morgan fingerprint density at radius 3 is 2.80 bits per heavy atom. The van der Waals surface area contributed by atoms with Crippen LogP contribution in [0.3, 0.4) is 0 Å². The molecule has 0 saturated heterocycles. The van der Waals surface area contributed by atoms with E-state index in [0.717, 1.165) is 22.2 Å². The highest BCUT2D eigenvalue weighted by atomic mass is 79.9. The third-order valence-corrected chi connectivity index (χ3v) is 3.68. The molecule has 4 heteroatoms. The lowest BCUT2D eigenvalue weighted by molar-refractivity contribution is 0.620. The van der Waals surface area contributed by atoms with Gasteiger partial charge in [-0.2, -0.15) is 0 Å². The Morgan fingerprint density at radius 2 is 1.95 bits per heavy atom. The van der Waals surface area contributed by atoms with Crippen LogP contribution in [0.15, 0.2) is 59.2 Å². The van der Waals surface area contributed by atoms with Gasteiger partial charge in [0.15, 0.2) is 0 Å². The van der Waals surface area contributed by atoms with Crippen molar-refractivity contribution in [2.75, 3.05) is 5.32 Å². The number of anilines is 1. The van der Waals surface area contributed by atoms with E-state index in [2.05, 4.69) is 32.3 Å². The fourth-order valence-electron chi connectivity index (χ4n) is 2.02. The van der Waals surface area contributed by atoms with E-state index in [1.165, 1.54) is 6.07 Å². The van der Waals surface area contributed by atoms with Gasteiger partial charge in [-0.3, -0.25) is 4.98 Å². The number of benzene rings is 2. The van der Waals surface area contributed by atoms with E-state index in [9.17, 15) is 4.39 Å². The van der Waals surface area contributed by atoms with E-state index in [-0.39, 0.29) is 5.82 Å². The molecule has 1 aromatic heterocycles. The molecule has 3 aromatic rings. The zero-order chi connectivity index (χ0) is 13.9. The average molecular weight is 331 g/mol. The van der Waals surface area contributed by atoms with Gasteiger partial charge in [-0.05, 0) is 45.8 Å². The lowest BCUT2D eigenvalue weighted by Gasteiger charge is -2.08. The van der Waals surface area contributed by atoms with Gasteiger partial charge in [0.25, 0.3) is 0 Å². The van der Waals surface area contributed by atoms with Crippen molar-refractivity contribution in [1.29, 1.82) is 0 Å². The molecule has 0 amide bonds. The van der Waals surface area contributed by atoms with Crippen LogP contribution in [0.25, 0.3) is 10.9 Å². The first-order chi connectivity index (χ1) is 9.72. The van der Waals surface area contributed by atoms with Crippen LogP contribution in [-0.4, -0.2) is 4.98 Å². The van der Waals surface area contributed by atoms with E-state index in [4.69, 9.17) is 0 Å². The van der Waals surface area contributed by atoms with Gasteiger partial charge in [0.1, 0.15) is 5.82 Å². The SMILES string of the molecule is Fc1ccc(CNc2cnc3ccccc3c2)cc1Br. The van der Waals surface area contributed by atoms with Gasteiger partial charge in [0.05, 0.1) is 21.9 Å². The molecular weight excluding hydrogens is 319 g/mol. The summed E-state index contributed by atoms with van der Waals surface area (Å²) in [6, 6.07) is 15.0. The van der Waals surface area contributed by atoms with Gasteiger partial charge >= 0.3 is 0 Å². The molecule has 20 heavy (non-hydrogen) atoms. The molecule has 0 spiro atoms. The van der Waals surface area contributed by atoms with E-state index >= 15 is 0 Å². The summed E-state index contributed by atoms with van der Waals surface area (Å²) in [6.45, 7) is 0.624. The maximum absolute atomic E-state index is 13.2. The molecule has 2 aromatic carbocycles. The number of hydrogen-bond acceptors (Lipinski definition) is 2. The van der Waals surface area contributed by atoms with E-state index in [1.54, 1.807) is 18.3 Å². The maximum atomic E-state index is 13.2. The third kappa shape index (κ3) is 2.80. The van der Waals surface area contributed by atoms with Gasteiger partial charge in [-0.25, -0.2) is 4.39 Å². The Kier molecular flexibility index (Phi) is 3.65. The minimum atomic E-state index is -0.249. The third-order valence-electron chi connectivity index (χ3n) is 3.07. The zero-order valence-electron chi connectivity index (χ0n) is 10.6. The smallest absolute Gasteiger partial charge is 0.137 e. The largest absolute Gasteiger partial charge is 0.380 e. The van der Waals surface area contributed by atoms with Crippen molar-refractivity contribution in [3.8, 4) is 0 Å². The van der Waals surface area contributed by atoms with Crippen molar-refractivity contribution in [2.24, 2.45) is 0 Å². The molecule has 1 N–H and O–H groups in total. The summed E-state index contributed by atoms with van der Waals surface area (Å²) in [5, 5.41) is 4.39. The molecule has 0 radical (unpaired) electrons. The fraction of sp³-hybridized carbons (Fsp3) is 0.0625. The summed E-state index contributed by atoms with van der Waals surface area (Å²) >= 11 is 3.19. The second-order valence-electron chi connectivity index (χ2n) is 4.52. The molecule has 0 aliphatic carbocycles. The first-order valence-electron chi connectivity index (χ1n) is 6.25. The summed E-state index contributed by atoms with van der Waals surface area (Å²) < 4.78 is 13.6. The maximum Gasteiger partial charge on any atom is 0.137 e. The molecule has 0 aliphatic heterocycles. The van der Waals surface area contributed by atoms with Crippen molar-refractivity contribution in [3.63, 3.8) is 0 Å². The Bertz CT molecular complexity index is 758. The predicted octanol–water partition coefficient (Wildman–Crippen LogP) is 4.75. The number of aromatic nitrogens is 1. The number of hydrogen-bond donors (Lipinski definition) is 1. The summed E-state index contributed by atoms with van der Waals surface area (Å²) in [5.74, 6) is -0.249. The zero-order valence-corrected chi connectivity index (χ0v) is 12.2. The van der Waals surface area contributed by atoms with E-state index in [1.807, 2.05) is 24.3 Å². The standard InChI is InChI=1S/C16H12BrFN2/c17-14-7-11(5-6-15(14)18)9-19-13-8-12-3-1-2-4-16(12)20-10-13/h1-8,10,19H,9H2. The molecule has 0 saturated carbocycles. The number of rotatable bonds is 3. The molecule has 0 fully saturated rings. The van der Waals surface area contributed by atoms with E-state index in [0.29, 0.717) is 11.0 Å². The van der Waals surface area contributed by atoms with Crippen molar-refractivity contribution >= 4 is 32.5 Å². The second kappa shape index (κ2) is 5.59. The highest BCUT2D eigenvalue weighted by Gasteiger charge is 2.01. The van der Waals surface area contributed by atoms with Crippen molar-refractivity contribution in [2.45, 2.75) is 6.54 Å². The van der Waals surface area contributed by atoms with Gasteiger partial charge in [0.2, 0.25) is 0 Å². The van der Waals surface area contributed by atoms with Crippen LogP contribution in [0, 0.1) is 5.82 Å². The molecule has 100 valence electrons. The number of pyridine rings is 1. The van der Waals surface area contributed by atoms with E-state index < -0.39 is 0 Å².